The predicted molar refractivity (Wildman–Crippen MR) is 68.1 cm³/mol. The standard InChI is InChI=1S/C13H15ClN2O/c1-2-13-11(9-17)7-15-16(13)8-10-3-5-12(14)6-4-10/h3-7,17H,2,8-9H2,1H3. The third-order valence-corrected chi connectivity index (χ3v) is 3.04. The van der Waals surface area contributed by atoms with Crippen molar-refractivity contribution < 1.29 is 5.11 Å². The van der Waals surface area contributed by atoms with Crippen LogP contribution in [0.2, 0.25) is 5.02 Å². The Labute approximate surface area is 106 Å². The molecule has 0 atom stereocenters. The molecule has 90 valence electrons. The molecule has 0 aliphatic heterocycles. The fourth-order valence-electron chi connectivity index (χ4n) is 1.89. The second kappa shape index (κ2) is 5.34. The van der Waals surface area contributed by atoms with Crippen LogP contribution in [0.3, 0.4) is 0 Å². The molecule has 1 N–H and O–H groups in total. The molecule has 1 aromatic heterocycles. The molecule has 1 heterocycles. The highest BCUT2D eigenvalue weighted by Crippen LogP contribution is 2.14. The summed E-state index contributed by atoms with van der Waals surface area (Å²) in [6.07, 6.45) is 2.60. The molecule has 0 saturated heterocycles. The Balaban J connectivity index is 2.23. The van der Waals surface area contributed by atoms with E-state index >= 15 is 0 Å². The summed E-state index contributed by atoms with van der Waals surface area (Å²) in [6.45, 7) is 2.82. The van der Waals surface area contributed by atoms with E-state index in [-0.39, 0.29) is 6.61 Å². The lowest BCUT2D eigenvalue weighted by atomic mass is 10.2. The molecule has 0 aliphatic carbocycles. The monoisotopic (exact) mass is 250 g/mol. The van der Waals surface area contributed by atoms with Crippen molar-refractivity contribution in [1.82, 2.24) is 9.78 Å². The minimum atomic E-state index is 0.0454. The Morgan fingerprint density at radius 1 is 1.29 bits per heavy atom. The third kappa shape index (κ3) is 2.68. The van der Waals surface area contributed by atoms with Gasteiger partial charge in [-0.15, -0.1) is 0 Å². The molecule has 2 rings (SSSR count). The van der Waals surface area contributed by atoms with Crippen molar-refractivity contribution in [2.75, 3.05) is 0 Å². The average molecular weight is 251 g/mol. The van der Waals surface area contributed by atoms with Gasteiger partial charge in [-0.3, -0.25) is 4.68 Å². The molecule has 0 unspecified atom stereocenters. The Morgan fingerprint density at radius 3 is 2.59 bits per heavy atom. The maximum atomic E-state index is 9.19. The fraction of sp³-hybridized carbons (Fsp3) is 0.308. The summed E-state index contributed by atoms with van der Waals surface area (Å²) in [5.74, 6) is 0. The second-order valence-corrected chi connectivity index (χ2v) is 4.35. The highest BCUT2D eigenvalue weighted by Gasteiger charge is 2.08. The number of aromatic nitrogens is 2. The quantitative estimate of drug-likeness (QED) is 0.906. The van der Waals surface area contributed by atoms with Crippen LogP contribution in [0.4, 0.5) is 0 Å². The van der Waals surface area contributed by atoms with Gasteiger partial charge in [0.05, 0.1) is 19.3 Å². The number of aliphatic hydroxyl groups excluding tert-OH is 1. The second-order valence-electron chi connectivity index (χ2n) is 3.91. The number of aliphatic hydroxyl groups is 1. The van der Waals surface area contributed by atoms with Crippen LogP contribution in [0.1, 0.15) is 23.7 Å². The summed E-state index contributed by atoms with van der Waals surface area (Å²) in [5.41, 5.74) is 3.14. The number of rotatable bonds is 4. The van der Waals surface area contributed by atoms with Crippen LogP contribution in [0, 0.1) is 0 Å². The number of benzene rings is 1. The number of hydrogen-bond acceptors (Lipinski definition) is 2. The van der Waals surface area contributed by atoms with Gasteiger partial charge in [-0.1, -0.05) is 30.7 Å². The van der Waals surface area contributed by atoms with Gasteiger partial charge in [0.1, 0.15) is 0 Å². The van der Waals surface area contributed by atoms with Gasteiger partial charge in [0, 0.05) is 16.3 Å². The summed E-state index contributed by atoms with van der Waals surface area (Å²) in [5, 5.41) is 14.2. The van der Waals surface area contributed by atoms with Gasteiger partial charge >= 0.3 is 0 Å². The van der Waals surface area contributed by atoms with Crippen LogP contribution in [-0.4, -0.2) is 14.9 Å². The smallest absolute Gasteiger partial charge is 0.0715 e. The lowest BCUT2D eigenvalue weighted by Gasteiger charge is -2.07. The number of halogens is 1. The molecule has 0 radical (unpaired) electrons. The molecule has 1 aromatic carbocycles. The molecular weight excluding hydrogens is 236 g/mol. The molecular formula is C13H15ClN2O. The molecule has 0 aliphatic rings. The van der Waals surface area contributed by atoms with E-state index in [1.54, 1.807) is 6.20 Å². The minimum Gasteiger partial charge on any atom is -0.392 e. The Kier molecular flexibility index (Phi) is 3.82. The summed E-state index contributed by atoms with van der Waals surface area (Å²) in [4.78, 5) is 0. The number of nitrogens with zero attached hydrogens (tertiary/aromatic N) is 2. The SMILES string of the molecule is CCc1c(CO)cnn1Cc1ccc(Cl)cc1. The molecule has 0 amide bonds. The van der Waals surface area contributed by atoms with Gasteiger partial charge in [0.2, 0.25) is 0 Å². The highest BCUT2D eigenvalue weighted by molar-refractivity contribution is 6.30. The van der Waals surface area contributed by atoms with Gasteiger partial charge in [-0.25, -0.2) is 0 Å². The normalized spacial score (nSPS) is 10.8. The molecule has 2 aromatic rings. The maximum Gasteiger partial charge on any atom is 0.0715 e. The van der Waals surface area contributed by atoms with E-state index in [0.29, 0.717) is 6.54 Å². The Morgan fingerprint density at radius 2 is 2.00 bits per heavy atom. The zero-order valence-corrected chi connectivity index (χ0v) is 10.5. The summed E-state index contributed by atoms with van der Waals surface area (Å²) in [6, 6.07) is 7.72. The van der Waals surface area contributed by atoms with Crippen molar-refractivity contribution in [2.45, 2.75) is 26.5 Å². The van der Waals surface area contributed by atoms with Crippen molar-refractivity contribution in [3.63, 3.8) is 0 Å². The van der Waals surface area contributed by atoms with Crippen LogP contribution in [0.25, 0.3) is 0 Å². The van der Waals surface area contributed by atoms with Crippen molar-refractivity contribution >= 4 is 11.6 Å². The lowest BCUT2D eigenvalue weighted by molar-refractivity contribution is 0.280. The van der Waals surface area contributed by atoms with E-state index in [2.05, 4.69) is 12.0 Å². The average Bonchev–Trinajstić information content (AvgIpc) is 2.74. The largest absolute Gasteiger partial charge is 0.392 e. The molecule has 0 fully saturated rings. The van der Waals surface area contributed by atoms with Crippen LogP contribution >= 0.6 is 11.6 Å². The summed E-state index contributed by atoms with van der Waals surface area (Å²) >= 11 is 5.84. The zero-order chi connectivity index (χ0) is 12.3. The minimum absolute atomic E-state index is 0.0454. The van der Waals surface area contributed by atoms with E-state index in [4.69, 9.17) is 11.6 Å². The first-order chi connectivity index (χ1) is 8.24. The topological polar surface area (TPSA) is 38.1 Å². The molecule has 0 saturated carbocycles. The van der Waals surface area contributed by atoms with E-state index < -0.39 is 0 Å². The number of hydrogen-bond donors (Lipinski definition) is 1. The van der Waals surface area contributed by atoms with Crippen LogP contribution in [0.5, 0.6) is 0 Å². The van der Waals surface area contributed by atoms with E-state index in [0.717, 1.165) is 28.3 Å². The Hall–Kier alpha value is -1.32. The van der Waals surface area contributed by atoms with E-state index in [1.807, 2.05) is 28.9 Å². The van der Waals surface area contributed by atoms with Gasteiger partial charge in [0.25, 0.3) is 0 Å². The first kappa shape index (κ1) is 12.1. The van der Waals surface area contributed by atoms with Gasteiger partial charge in [-0.2, -0.15) is 5.10 Å². The van der Waals surface area contributed by atoms with Crippen LogP contribution < -0.4 is 0 Å². The van der Waals surface area contributed by atoms with Crippen molar-refractivity contribution in [3.05, 3.63) is 52.3 Å². The van der Waals surface area contributed by atoms with Crippen LogP contribution in [-0.2, 0) is 19.6 Å². The summed E-state index contributed by atoms with van der Waals surface area (Å²) in [7, 11) is 0. The Bertz CT molecular complexity index is 491. The lowest BCUT2D eigenvalue weighted by Crippen LogP contribution is -2.06. The van der Waals surface area contributed by atoms with Crippen LogP contribution in [0.15, 0.2) is 30.5 Å². The van der Waals surface area contributed by atoms with Crippen molar-refractivity contribution in [2.24, 2.45) is 0 Å². The van der Waals surface area contributed by atoms with Gasteiger partial charge in [0.15, 0.2) is 0 Å². The van der Waals surface area contributed by atoms with E-state index in [9.17, 15) is 5.11 Å². The third-order valence-electron chi connectivity index (χ3n) is 2.79. The molecule has 0 bridgehead atoms. The van der Waals surface area contributed by atoms with Crippen molar-refractivity contribution in [1.29, 1.82) is 0 Å². The molecule has 0 spiro atoms. The maximum absolute atomic E-state index is 9.19. The first-order valence-corrected chi connectivity index (χ1v) is 6.01. The fourth-order valence-corrected chi connectivity index (χ4v) is 2.02. The first-order valence-electron chi connectivity index (χ1n) is 5.63. The summed E-state index contributed by atoms with van der Waals surface area (Å²) < 4.78 is 1.93. The molecule has 17 heavy (non-hydrogen) atoms. The van der Waals surface area contributed by atoms with Gasteiger partial charge in [-0.05, 0) is 24.1 Å². The highest BCUT2D eigenvalue weighted by atomic mass is 35.5. The van der Waals surface area contributed by atoms with Crippen molar-refractivity contribution in [3.8, 4) is 0 Å². The predicted octanol–water partition coefficient (Wildman–Crippen LogP) is 2.64. The van der Waals surface area contributed by atoms with E-state index in [1.165, 1.54) is 0 Å². The van der Waals surface area contributed by atoms with Gasteiger partial charge < -0.3 is 5.11 Å². The zero-order valence-electron chi connectivity index (χ0n) is 9.73. The molecule has 4 heteroatoms. The molecule has 3 nitrogen and oxygen atoms in total.